The van der Waals surface area contributed by atoms with Crippen molar-refractivity contribution in [2.45, 2.75) is 41.0 Å². The first kappa shape index (κ1) is 50.6. The predicted octanol–water partition coefficient (Wildman–Crippen LogP) is 6.29. The maximum absolute atomic E-state index is 13.4. The number of nitrogens with one attached hydrogen (secondary N) is 1. The Balaban J connectivity index is 0.000000177. The van der Waals surface area contributed by atoms with Gasteiger partial charge in [-0.05, 0) is 71.0 Å². The second-order valence-electron chi connectivity index (χ2n) is 13.6. The predicted molar refractivity (Wildman–Crippen MR) is 240 cm³/mol. The number of rotatable bonds is 10. The average Bonchev–Trinajstić information content (AvgIpc) is 4.04. The van der Waals surface area contributed by atoms with E-state index in [4.69, 9.17) is 32.2 Å². The highest BCUT2D eigenvalue weighted by Gasteiger charge is 2.26. The zero-order chi connectivity index (χ0) is 49.7. The highest BCUT2D eigenvalue weighted by molar-refractivity contribution is 6.32. The smallest absolute Gasteiger partial charge is 0.343 e. The molecule has 0 aliphatic carbocycles. The Morgan fingerprint density at radius 3 is 1.78 bits per heavy atom. The van der Waals surface area contributed by atoms with Gasteiger partial charge in [0, 0.05) is 31.0 Å². The van der Waals surface area contributed by atoms with Crippen molar-refractivity contribution in [3.05, 3.63) is 143 Å². The van der Waals surface area contributed by atoms with E-state index in [1.807, 2.05) is 0 Å². The summed E-state index contributed by atoms with van der Waals surface area (Å²) in [5.41, 5.74) is 8.87. The van der Waals surface area contributed by atoms with E-state index in [1.54, 1.807) is 27.7 Å². The zero-order valence-corrected chi connectivity index (χ0v) is 37.6. The Hall–Kier alpha value is -8.40. The van der Waals surface area contributed by atoms with Gasteiger partial charge >= 0.3 is 17.9 Å². The van der Waals surface area contributed by atoms with Crippen LogP contribution < -0.4 is 5.73 Å². The molecule has 0 saturated carbocycles. The molecular weight excluding hydrogens is 915 g/mol. The monoisotopic (exact) mass is 955 g/mol. The Morgan fingerprint density at radius 1 is 0.750 bits per heavy atom. The Morgan fingerprint density at radius 2 is 1.26 bits per heavy atom. The Labute approximate surface area is 389 Å². The van der Waals surface area contributed by atoms with E-state index >= 15 is 0 Å². The molecule has 0 radical (unpaired) electrons. The number of carbonyl (C=O) groups excluding carboxylic acids is 5. The molecule has 0 fully saturated rings. The van der Waals surface area contributed by atoms with E-state index in [-0.39, 0.29) is 70.5 Å². The number of imidazole rings is 3. The number of nitrogens with two attached hydrogens (primary N) is 1. The average molecular weight is 956 g/mol. The number of carbonyl (C=O) groups is 5. The standard InChI is InChI=1S/C15H12FN3O3.C14H10ClFN4O2.C8H7FN4.C8H12O3/c1-2-22-15(21)10-6-17-11(5-13(10)20)12-7-18-14-4-3-9(16)8-19(12)14;1-2-22-14(21)9-5-18-13(19-12(9)15)10-6-17-11-4-3-8(16)7-20(10)11;9-5-1-2-7-12-3-6(8(10)11)13(7)4-5;1-4-7(6(3)9)8(10)11-5-2/h3-4,6-8H,2,5H2,1H3;3-7H,2H2,1H3;1-4H,(H3,10,11);4H,5H2,1-3H3/b;;;7-4+. The highest BCUT2D eigenvalue weighted by atomic mass is 35.5. The van der Waals surface area contributed by atoms with Gasteiger partial charge < -0.3 is 19.9 Å². The van der Waals surface area contributed by atoms with E-state index < -0.39 is 29.5 Å². The number of hydrogen-bond acceptors (Lipinski definition) is 15. The van der Waals surface area contributed by atoms with Crippen LogP contribution in [0.15, 0.2) is 108 Å². The van der Waals surface area contributed by atoms with Gasteiger partial charge in [0.15, 0.2) is 17.4 Å². The van der Waals surface area contributed by atoms with Gasteiger partial charge in [-0.25, -0.2) is 52.5 Å². The topological polar surface area (TPSA) is 253 Å². The van der Waals surface area contributed by atoms with Crippen LogP contribution in [0.4, 0.5) is 13.2 Å². The molecular formula is C45H41ClF3N11O8. The molecule has 0 saturated heterocycles. The molecule has 0 amide bonds. The van der Waals surface area contributed by atoms with Gasteiger partial charge in [0.05, 0.1) is 61.8 Å². The van der Waals surface area contributed by atoms with Crippen molar-refractivity contribution >= 4 is 69.6 Å². The number of aromatic nitrogens is 8. The second kappa shape index (κ2) is 23.2. The van der Waals surface area contributed by atoms with Gasteiger partial charge in [-0.1, -0.05) is 17.7 Å². The molecule has 8 heterocycles. The van der Waals surface area contributed by atoms with Crippen LogP contribution in [0.25, 0.3) is 28.5 Å². The number of halogens is 4. The van der Waals surface area contributed by atoms with E-state index in [9.17, 15) is 37.1 Å². The molecule has 68 heavy (non-hydrogen) atoms. The fraction of sp³-hybridized carbons (Fsp3) is 0.200. The van der Waals surface area contributed by atoms with Crippen molar-refractivity contribution < 1.29 is 51.4 Å². The number of hydrogen-bond donors (Lipinski definition) is 2. The first-order chi connectivity index (χ1) is 32.5. The molecule has 23 heteroatoms. The van der Waals surface area contributed by atoms with Crippen LogP contribution >= 0.6 is 11.6 Å². The third-order valence-electron chi connectivity index (χ3n) is 9.08. The largest absolute Gasteiger partial charge is 0.462 e. The number of nitrogen functional groups attached to an aromatic ring is 1. The molecule has 3 N–H and O–H groups in total. The highest BCUT2D eigenvalue weighted by Crippen LogP contribution is 2.22. The lowest BCUT2D eigenvalue weighted by Gasteiger charge is -2.11. The minimum absolute atomic E-state index is 0.0326. The summed E-state index contributed by atoms with van der Waals surface area (Å²) in [5.74, 6) is -3.56. The maximum Gasteiger partial charge on any atom is 0.343 e. The molecule has 1 aliphatic heterocycles. The molecule has 0 aromatic carbocycles. The molecule has 0 atom stereocenters. The number of esters is 3. The maximum atomic E-state index is 13.4. The summed E-state index contributed by atoms with van der Waals surface area (Å²) in [4.78, 5) is 81.5. The summed E-state index contributed by atoms with van der Waals surface area (Å²) < 4.78 is 58.3. The van der Waals surface area contributed by atoms with E-state index in [2.05, 4.69) is 34.6 Å². The number of ether oxygens (including phenoxy) is 3. The van der Waals surface area contributed by atoms with E-state index in [0.717, 1.165) is 0 Å². The lowest BCUT2D eigenvalue weighted by atomic mass is 10.0. The molecule has 0 spiro atoms. The first-order valence-corrected chi connectivity index (χ1v) is 20.6. The molecule has 7 aromatic heterocycles. The van der Waals surface area contributed by atoms with Crippen molar-refractivity contribution in [3.8, 4) is 11.5 Å². The fourth-order valence-electron chi connectivity index (χ4n) is 5.99. The zero-order valence-electron chi connectivity index (χ0n) is 36.9. The number of aliphatic imine (C=N–C) groups is 1. The minimum atomic E-state index is -0.681. The van der Waals surface area contributed by atoms with Crippen LogP contribution in [0, 0.1) is 22.9 Å². The quantitative estimate of drug-likeness (QED) is 0.0224. The fourth-order valence-corrected chi connectivity index (χ4v) is 6.19. The van der Waals surface area contributed by atoms with E-state index in [0.29, 0.717) is 46.3 Å². The molecule has 352 valence electrons. The molecule has 0 unspecified atom stereocenters. The molecule has 8 rings (SSSR count). The van der Waals surface area contributed by atoms with Crippen molar-refractivity contribution in [1.29, 1.82) is 5.41 Å². The normalized spacial score (nSPS) is 12.1. The number of amidine groups is 1. The molecule has 19 nitrogen and oxygen atoms in total. The number of Topliss-reactive ketones (excluding diaryl/α,β-unsaturated/α-hetero) is 2. The lowest BCUT2D eigenvalue weighted by molar-refractivity contribution is -0.141. The van der Waals surface area contributed by atoms with Crippen molar-refractivity contribution in [2.75, 3.05) is 19.8 Å². The van der Waals surface area contributed by atoms with Gasteiger partial charge in [0.1, 0.15) is 67.9 Å². The Bertz CT molecular complexity index is 3160. The summed E-state index contributed by atoms with van der Waals surface area (Å²) in [7, 11) is 0. The van der Waals surface area contributed by atoms with Gasteiger partial charge in [0.2, 0.25) is 0 Å². The number of pyridine rings is 3. The van der Waals surface area contributed by atoms with Crippen LogP contribution in [-0.2, 0) is 33.4 Å². The number of fused-ring (bicyclic) bond motifs is 3. The number of allylic oxidation sites excluding steroid dienone is 1. The third-order valence-corrected chi connectivity index (χ3v) is 9.37. The number of nitrogens with zero attached hydrogens (tertiary/aromatic N) is 9. The van der Waals surface area contributed by atoms with Crippen LogP contribution in [0.5, 0.6) is 0 Å². The van der Waals surface area contributed by atoms with Gasteiger partial charge in [0.25, 0.3) is 0 Å². The molecule has 1 aliphatic rings. The second-order valence-corrected chi connectivity index (χ2v) is 14.0. The summed E-state index contributed by atoms with van der Waals surface area (Å²) in [5, 5.41) is 7.17. The van der Waals surface area contributed by atoms with Crippen molar-refractivity contribution in [3.63, 3.8) is 0 Å². The van der Waals surface area contributed by atoms with Crippen LogP contribution in [-0.4, -0.2) is 99.0 Å². The Kier molecular flexibility index (Phi) is 17.2. The summed E-state index contributed by atoms with van der Waals surface area (Å²) in [6.45, 7) is 8.73. The summed E-state index contributed by atoms with van der Waals surface area (Å²) in [6.07, 6.45) is 12.1. The summed E-state index contributed by atoms with van der Waals surface area (Å²) in [6, 6.07) is 8.52. The first-order valence-electron chi connectivity index (χ1n) is 20.3. The van der Waals surface area contributed by atoms with Crippen molar-refractivity contribution in [1.82, 2.24) is 38.1 Å². The summed E-state index contributed by atoms with van der Waals surface area (Å²) >= 11 is 6.00. The third kappa shape index (κ3) is 12.3. The molecule has 7 aromatic rings. The SMILES string of the molecule is C/C=C(\C(C)=O)C(=O)OCC.CCOC(=O)C1=CN=C(c2cnc3ccc(F)cn23)CC1=O.CCOC(=O)c1cnc(-c2cnc3ccc(F)cn23)nc1Cl.N=C(N)c1cnc2ccc(F)cn12. The minimum Gasteiger partial charge on any atom is -0.462 e. The van der Waals surface area contributed by atoms with E-state index in [1.165, 1.54) is 112 Å². The van der Waals surface area contributed by atoms with Gasteiger partial charge in [-0.15, -0.1) is 0 Å². The van der Waals surface area contributed by atoms with Gasteiger partial charge in [-0.3, -0.25) is 33.2 Å². The number of ketones is 2. The van der Waals surface area contributed by atoms with Crippen LogP contribution in [0.2, 0.25) is 5.15 Å². The molecule has 0 bridgehead atoms. The van der Waals surface area contributed by atoms with Crippen molar-refractivity contribution in [2.24, 2.45) is 10.7 Å². The lowest BCUT2D eigenvalue weighted by Crippen LogP contribution is -2.22. The van der Waals surface area contributed by atoms with Crippen LogP contribution in [0.3, 0.4) is 0 Å². The van der Waals surface area contributed by atoms with Gasteiger partial charge in [-0.2, -0.15) is 0 Å². The van der Waals surface area contributed by atoms with Crippen LogP contribution in [0.1, 0.15) is 62.8 Å².